The van der Waals surface area contributed by atoms with Crippen LogP contribution in [0, 0.1) is 5.41 Å². The van der Waals surface area contributed by atoms with Crippen molar-refractivity contribution in [2.75, 3.05) is 73.1 Å². The van der Waals surface area contributed by atoms with Crippen LogP contribution in [0.2, 0.25) is 0 Å². The van der Waals surface area contributed by atoms with Gasteiger partial charge in [0.2, 0.25) is 5.91 Å². The second-order valence-corrected chi connectivity index (χ2v) is 8.19. The van der Waals surface area contributed by atoms with E-state index in [1.807, 2.05) is 0 Å². The van der Waals surface area contributed by atoms with Gasteiger partial charge in [0.25, 0.3) is 0 Å². The molecule has 3 fully saturated rings. The molecule has 0 atom stereocenters. The van der Waals surface area contributed by atoms with E-state index < -0.39 is 0 Å². The van der Waals surface area contributed by atoms with Gasteiger partial charge in [0.05, 0.1) is 13.2 Å². The van der Waals surface area contributed by atoms with Gasteiger partial charge < -0.3 is 19.9 Å². The highest BCUT2D eigenvalue weighted by molar-refractivity contribution is 14.0. The van der Waals surface area contributed by atoms with Crippen LogP contribution in [0.25, 0.3) is 0 Å². The Morgan fingerprint density at radius 3 is 2.52 bits per heavy atom. The van der Waals surface area contributed by atoms with E-state index in [-0.39, 0.29) is 36.4 Å². The molecule has 3 aliphatic rings. The Bertz CT molecular complexity index is 502. The highest BCUT2D eigenvalue weighted by Gasteiger charge is 2.41. The molecule has 0 bridgehead atoms. The predicted molar refractivity (Wildman–Crippen MR) is 119 cm³/mol. The summed E-state index contributed by atoms with van der Waals surface area (Å²) in [4.78, 5) is 23.1. The number of ether oxygens (including phenoxy) is 1. The van der Waals surface area contributed by atoms with E-state index in [0.29, 0.717) is 5.41 Å². The monoisotopic (exact) mass is 493 g/mol. The fourth-order valence-electron chi connectivity index (χ4n) is 4.35. The Labute approximate surface area is 180 Å². The first kappa shape index (κ1) is 22.7. The molecule has 0 aromatic rings. The minimum Gasteiger partial charge on any atom is -0.379 e. The van der Waals surface area contributed by atoms with Crippen molar-refractivity contribution < 1.29 is 9.53 Å². The molecule has 2 heterocycles. The number of nitrogens with zero attached hydrogens (tertiary/aromatic N) is 4. The van der Waals surface area contributed by atoms with Crippen molar-refractivity contribution in [2.45, 2.75) is 32.1 Å². The summed E-state index contributed by atoms with van der Waals surface area (Å²) in [5.74, 6) is 0.962. The molecule has 3 rings (SSSR count). The average molecular weight is 493 g/mol. The third-order valence-electron chi connectivity index (χ3n) is 6.08. The van der Waals surface area contributed by atoms with Gasteiger partial charge >= 0.3 is 0 Å². The first-order valence-corrected chi connectivity index (χ1v) is 10.1. The van der Waals surface area contributed by atoms with Gasteiger partial charge in [-0.25, -0.2) is 4.99 Å². The quantitative estimate of drug-likeness (QED) is 0.355. The Hall–Kier alpha value is -0.610. The molecule has 1 N–H and O–H groups in total. The molecule has 2 aliphatic heterocycles. The number of carbonyl (C=O) groups excluding carboxylic acids is 1. The van der Waals surface area contributed by atoms with E-state index in [0.717, 1.165) is 58.4 Å². The Morgan fingerprint density at radius 2 is 1.85 bits per heavy atom. The average Bonchev–Trinajstić information content (AvgIpc) is 3.28. The lowest BCUT2D eigenvalue weighted by molar-refractivity contribution is -0.127. The van der Waals surface area contributed by atoms with Crippen molar-refractivity contribution in [1.82, 2.24) is 20.0 Å². The number of halogens is 1. The first-order chi connectivity index (χ1) is 12.6. The number of hydrogen-bond donors (Lipinski definition) is 1. The molecule has 27 heavy (non-hydrogen) atoms. The van der Waals surface area contributed by atoms with E-state index in [1.54, 1.807) is 19.0 Å². The van der Waals surface area contributed by atoms with Crippen LogP contribution in [0.5, 0.6) is 0 Å². The molecule has 8 heteroatoms. The lowest BCUT2D eigenvalue weighted by Gasteiger charge is -2.29. The van der Waals surface area contributed by atoms with Crippen LogP contribution in [-0.2, 0) is 9.53 Å². The molecule has 0 radical (unpaired) electrons. The van der Waals surface area contributed by atoms with Crippen molar-refractivity contribution in [1.29, 1.82) is 0 Å². The fraction of sp³-hybridized carbons (Fsp3) is 0.895. The normalized spacial score (nSPS) is 22.7. The van der Waals surface area contributed by atoms with Gasteiger partial charge in [-0.15, -0.1) is 24.0 Å². The van der Waals surface area contributed by atoms with Gasteiger partial charge in [0.15, 0.2) is 5.96 Å². The maximum Gasteiger partial charge on any atom is 0.243 e. The molecule has 156 valence electrons. The van der Waals surface area contributed by atoms with Crippen LogP contribution >= 0.6 is 24.0 Å². The number of aliphatic imine (C=N–C) groups is 1. The summed E-state index contributed by atoms with van der Waals surface area (Å²) in [6.07, 6.45) is 6.69. The maximum absolute atomic E-state index is 12.0. The molecule has 1 aliphatic carbocycles. The second kappa shape index (κ2) is 10.8. The topological polar surface area (TPSA) is 60.4 Å². The number of nitrogens with one attached hydrogen (secondary N) is 1. The summed E-state index contributed by atoms with van der Waals surface area (Å²) >= 11 is 0. The van der Waals surface area contributed by atoms with Gasteiger partial charge in [0.1, 0.15) is 6.54 Å². The van der Waals surface area contributed by atoms with Crippen molar-refractivity contribution in [3.05, 3.63) is 0 Å². The lowest BCUT2D eigenvalue weighted by atomic mass is 9.86. The zero-order valence-corrected chi connectivity index (χ0v) is 19.2. The van der Waals surface area contributed by atoms with Crippen LogP contribution < -0.4 is 5.32 Å². The second-order valence-electron chi connectivity index (χ2n) is 8.19. The number of likely N-dealkylation sites (tertiary alicyclic amines) is 1. The summed E-state index contributed by atoms with van der Waals surface area (Å²) in [5, 5.41) is 3.53. The SMILES string of the molecule is CN(C)C(=O)CN=C(NCCN1CCOCC1)N1CCC2(CCCC2)C1.I. The Kier molecular flexibility index (Phi) is 9.07. The molecule has 7 nitrogen and oxygen atoms in total. The van der Waals surface area contributed by atoms with Crippen molar-refractivity contribution in [3.8, 4) is 0 Å². The highest BCUT2D eigenvalue weighted by Crippen LogP contribution is 2.45. The Balaban J connectivity index is 0.00000261. The van der Waals surface area contributed by atoms with E-state index in [2.05, 4.69) is 20.1 Å². The molecule has 0 unspecified atom stereocenters. The van der Waals surface area contributed by atoms with Crippen molar-refractivity contribution >= 4 is 35.8 Å². The number of morpholine rings is 1. The number of likely N-dealkylation sites (N-methyl/N-ethyl adjacent to an activating group) is 1. The molecule has 1 saturated carbocycles. The highest BCUT2D eigenvalue weighted by atomic mass is 127. The Morgan fingerprint density at radius 1 is 1.15 bits per heavy atom. The smallest absolute Gasteiger partial charge is 0.243 e. The van der Waals surface area contributed by atoms with Gasteiger partial charge in [-0.05, 0) is 24.7 Å². The summed E-state index contributed by atoms with van der Waals surface area (Å²) in [5.41, 5.74) is 0.498. The minimum atomic E-state index is 0. The van der Waals surface area contributed by atoms with E-state index in [4.69, 9.17) is 4.74 Å². The number of guanidine groups is 1. The molecule has 2 saturated heterocycles. The van der Waals surface area contributed by atoms with Crippen molar-refractivity contribution in [2.24, 2.45) is 10.4 Å². The summed E-state index contributed by atoms with van der Waals surface area (Å²) in [7, 11) is 3.57. The third kappa shape index (κ3) is 6.45. The molecular weight excluding hydrogens is 457 g/mol. The first-order valence-electron chi connectivity index (χ1n) is 10.1. The zero-order valence-electron chi connectivity index (χ0n) is 16.9. The molecule has 1 spiro atoms. The van der Waals surface area contributed by atoms with Crippen LogP contribution in [0.1, 0.15) is 32.1 Å². The summed E-state index contributed by atoms with van der Waals surface area (Å²) in [6.45, 7) is 7.87. The van der Waals surface area contributed by atoms with Gasteiger partial charge in [-0.3, -0.25) is 9.69 Å². The number of rotatable bonds is 5. The van der Waals surface area contributed by atoms with Crippen LogP contribution in [0.15, 0.2) is 4.99 Å². The lowest BCUT2D eigenvalue weighted by Crippen LogP contribution is -2.46. The zero-order chi connectivity index (χ0) is 18.4. The van der Waals surface area contributed by atoms with Gasteiger partial charge in [-0.2, -0.15) is 0 Å². The largest absolute Gasteiger partial charge is 0.379 e. The van der Waals surface area contributed by atoms with Gasteiger partial charge in [0, 0.05) is 53.4 Å². The van der Waals surface area contributed by atoms with Crippen LogP contribution in [0.3, 0.4) is 0 Å². The van der Waals surface area contributed by atoms with E-state index >= 15 is 0 Å². The molecule has 0 aromatic carbocycles. The van der Waals surface area contributed by atoms with Crippen LogP contribution in [0.4, 0.5) is 0 Å². The fourth-order valence-corrected chi connectivity index (χ4v) is 4.35. The maximum atomic E-state index is 12.0. The van der Waals surface area contributed by atoms with Gasteiger partial charge in [-0.1, -0.05) is 12.8 Å². The molecular formula is C19H36IN5O2. The number of hydrogen-bond acceptors (Lipinski definition) is 4. The standard InChI is InChI=1S/C19H35N5O2.HI/c1-22(2)17(25)15-21-18(20-8-10-23-11-13-26-14-12-23)24-9-7-19(16-24)5-3-4-6-19;/h3-16H2,1-2H3,(H,20,21);1H. The van der Waals surface area contributed by atoms with E-state index in [1.165, 1.54) is 32.1 Å². The minimum absolute atomic E-state index is 0. The third-order valence-corrected chi connectivity index (χ3v) is 6.08. The van der Waals surface area contributed by atoms with Crippen LogP contribution in [-0.4, -0.2) is 99.7 Å². The number of amides is 1. The summed E-state index contributed by atoms with van der Waals surface area (Å²) in [6, 6.07) is 0. The van der Waals surface area contributed by atoms with Crippen molar-refractivity contribution in [3.63, 3.8) is 0 Å². The molecule has 0 aromatic heterocycles. The molecule has 1 amide bonds. The predicted octanol–water partition coefficient (Wildman–Crippen LogP) is 1.24. The summed E-state index contributed by atoms with van der Waals surface area (Å²) < 4.78 is 5.41. The van der Waals surface area contributed by atoms with E-state index in [9.17, 15) is 4.79 Å². The number of carbonyl (C=O) groups is 1.